The van der Waals surface area contributed by atoms with Crippen LogP contribution >= 0.6 is 22.9 Å². The molecule has 0 unspecified atom stereocenters. The van der Waals surface area contributed by atoms with Gasteiger partial charge in [0.05, 0.1) is 17.4 Å². The van der Waals surface area contributed by atoms with Crippen molar-refractivity contribution in [2.75, 3.05) is 0 Å². The SMILES string of the molecule is O=C(NN=Cc1ccccc1OC(=O)c1sc2ccccc2c1Cl)c1cnccn1. The molecule has 0 aliphatic rings. The van der Waals surface area contributed by atoms with E-state index >= 15 is 0 Å². The lowest BCUT2D eigenvalue weighted by Crippen LogP contribution is -2.19. The van der Waals surface area contributed by atoms with Gasteiger partial charge in [-0.3, -0.25) is 9.78 Å². The minimum absolute atomic E-state index is 0.133. The standard InChI is InChI=1S/C21H13ClN4O3S/c22-18-14-6-2-4-8-17(14)30-19(18)21(28)29-16-7-3-1-5-13(16)11-25-26-20(27)15-12-23-9-10-24-15/h1-12H,(H,26,27). The fraction of sp³-hybridized carbons (Fsp3) is 0. The van der Waals surface area contributed by atoms with Gasteiger partial charge in [-0.15, -0.1) is 11.3 Å². The van der Waals surface area contributed by atoms with E-state index in [2.05, 4.69) is 20.5 Å². The lowest BCUT2D eigenvalue weighted by atomic mass is 10.2. The summed E-state index contributed by atoms with van der Waals surface area (Å²) in [5, 5.41) is 5.07. The fourth-order valence-corrected chi connectivity index (χ4v) is 3.99. The van der Waals surface area contributed by atoms with Crippen LogP contribution < -0.4 is 10.2 Å². The summed E-state index contributed by atoms with van der Waals surface area (Å²) in [5.41, 5.74) is 2.99. The Morgan fingerprint density at radius 1 is 1.10 bits per heavy atom. The number of carbonyl (C=O) groups is 2. The highest BCUT2D eigenvalue weighted by Gasteiger charge is 2.19. The zero-order chi connectivity index (χ0) is 20.9. The van der Waals surface area contributed by atoms with Crippen LogP contribution in [0.4, 0.5) is 0 Å². The highest BCUT2D eigenvalue weighted by molar-refractivity contribution is 7.21. The molecule has 2 heterocycles. The molecule has 0 bridgehead atoms. The highest BCUT2D eigenvalue weighted by atomic mass is 35.5. The number of hydrogen-bond donors (Lipinski definition) is 1. The molecule has 0 saturated heterocycles. The summed E-state index contributed by atoms with van der Waals surface area (Å²) in [6.45, 7) is 0. The third kappa shape index (κ3) is 4.19. The molecule has 9 heteroatoms. The number of amides is 1. The second-order valence-electron chi connectivity index (χ2n) is 5.96. The molecule has 7 nitrogen and oxygen atoms in total. The summed E-state index contributed by atoms with van der Waals surface area (Å²) in [7, 11) is 0. The van der Waals surface area contributed by atoms with Crippen LogP contribution in [-0.2, 0) is 0 Å². The summed E-state index contributed by atoms with van der Waals surface area (Å²) < 4.78 is 6.44. The Labute approximate surface area is 180 Å². The minimum atomic E-state index is -0.564. The number of rotatable bonds is 5. The number of thiophene rings is 1. The molecule has 2 aromatic heterocycles. The first-order chi connectivity index (χ1) is 14.6. The molecule has 148 valence electrons. The Morgan fingerprint density at radius 3 is 2.70 bits per heavy atom. The number of esters is 1. The van der Waals surface area contributed by atoms with Gasteiger partial charge < -0.3 is 4.74 Å². The smallest absolute Gasteiger partial charge is 0.355 e. The number of para-hydroxylation sites is 1. The predicted molar refractivity (Wildman–Crippen MR) is 115 cm³/mol. The molecule has 0 spiro atoms. The van der Waals surface area contributed by atoms with Crippen LogP contribution in [0.5, 0.6) is 5.75 Å². The maximum absolute atomic E-state index is 12.7. The summed E-state index contributed by atoms with van der Waals surface area (Å²) in [4.78, 5) is 32.7. The van der Waals surface area contributed by atoms with E-state index in [0.717, 1.165) is 10.1 Å². The van der Waals surface area contributed by atoms with E-state index in [-0.39, 0.29) is 11.4 Å². The Hall–Kier alpha value is -3.62. The van der Waals surface area contributed by atoms with Crippen molar-refractivity contribution in [1.82, 2.24) is 15.4 Å². The number of nitrogens with one attached hydrogen (secondary N) is 1. The third-order valence-electron chi connectivity index (χ3n) is 4.01. The van der Waals surface area contributed by atoms with Crippen molar-refractivity contribution in [3.8, 4) is 5.75 Å². The summed E-state index contributed by atoms with van der Waals surface area (Å²) in [6, 6.07) is 14.3. The van der Waals surface area contributed by atoms with Gasteiger partial charge in [0.2, 0.25) is 0 Å². The number of carbonyl (C=O) groups excluding carboxylic acids is 2. The molecule has 1 amide bonds. The van der Waals surface area contributed by atoms with Gasteiger partial charge in [0, 0.05) is 28.0 Å². The monoisotopic (exact) mass is 436 g/mol. The van der Waals surface area contributed by atoms with Crippen molar-refractivity contribution in [2.45, 2.75) is 0 Å². The van der Waals surface area contributed by atoms with Gasteiger partial charge in [-0.1, -0.05) is 41.9 Å². The van der Waals surface area contributed by atoms with E-state index in [4.69, 9.17) is 16.3 Å². The Bertz CT molecular complexity index is 1260. The van der Waals surface area contributed by atoms with Crippen molar-refractivity contribution < 1.29 is 14.3 Å². The van der Waals surface area contributed by atoms with Crippen molar-refractivity contribution in [2.24, 2.45) is 5.10 Å². The van der Waals surface area contributed by atoms with E-state index < -0.39 is 11.9 Å². The maximum Gasteiger partial charge on any atom is 0.355 e. The molecule has 4 rings (SSSR count). The van der Waals surface area contributed by atoms with Crippen LogP contribution in [-0.4, -0.2) is 28.1 Å². The van der Waals surface area contributed by atoms with Crippen LogP contribution in [0.1, 0.15) is 25.7 Å². The van der Waals surface area contributed by atoms with Crippen LogP contribution in [0.15, 0.2) is 72.2 Å². The molecule has 0 aliphatic carbocycles. The van der Waals surface area contributed by atoms with E-state index in [1.807, 2.05) is 24.3 Å². The summed E-state index contributed by atoms with van der Waals surface area (Å²) in [6.07, 6.45) is 5.58. The average Bonchev–Trinajstić information content (AvgIpc) is 3.12. The lowest BCUT2D eigenvalue weighted by Gasteiger charge is -2.06. The second kappa shape index (κ2) is 8.81. The average molecular weight is 437 g/mol. The van der Waals surface area contributed by atoms with Crippen LogP contribution in [0, 0.1) is 0 Å². The first-order valence-electron chi connectivity index (χ1n) is 8.71. The van der Waals surface area contributed by atoms with Crippen molar-refractivity contribution in [1.29, 1.82) is 0 Å². The van der Waals surface area contributed by atoms with Crippen molar-refractivity contribution >= 4 is 51.1 Å². The molecular formula is C21H13ClN4O3S. The number of fused-ring (bicyclic) bond motifs is 1. The fourth-order valence-electron chi connectivity index (χ4n) is 2.61. The van der Waals surface area contributed by atoms with Gasteiger partial charge in [-0.25, -0.2) is 15.2 Å². The summed E-state index contributed by atoms with van der Waals surface area (Å²) >= 11 is 7.63. The van der Waals surface area contributed by atoms with Gasteiger partial charge in [-0.2, -0.15) is 5.10 Å². The largest absolute Gasteiger partial charge is 0.422 e. The molecule has 30 heavy (non-hydrogen) atoms. The summed E-state index contributed by atoms with van der Waals surface area (Å²) in [5.74, 6) is -0.787. The lowest BCUT2D eigenvalue weighted by molar-refractivity contribution is 0.0739. The second-order valence-corrected chi connectivity index (χ2v) is 7.39. The van der Waals surface area contributed by atoms with Gasteiger partial charge >= 0.3 is 5.97 Å². The molecule has 2 aromatic carbocycles. The number of nitrogens with zero attached hydrogens (tertiary/aromatic N) is 3. The Balaban J connectivity index is 1.51. The first kappa shape index (κ1) is 19.7. The van der Waals surface area contributed by atoms with E-state index in [0.29, 0.717) is 15.5 Å². The van der Waals surface area contributed by atoms with Gasteiger partial charge in [0.1, 0.15) is 16.3 Å². The van der Waals surface area contributed by atoms with Crippen LogP contribution in [0.25, 0.3) is 10.1 Å². The maximum atomic E-state index is 12.7. The Kier molecular flexibility index (Phi) is 5.78. The van der Waals surface area contributed by atoms with Crippen LogP contribution in [0.3, 0.4) is 0 Å². The van der Waals surface area contributed by atoms with Gasteiger partial charge in [-0.05, 0) is 18.2 Å². The zero-order valence-corrected chi connectivity index (χ0v) is 16.9. The zero-order valence-electron chi connectivity index (χ0n) is 15.3. The molecule has 0 radical (unpaired) electrons. The van der Waals surface area contributed by atoms with E-state index in [1.165, 1.54) is 36.1 Å². The van der Waals surface area contributed by atoms with E-state index in [9.17, 15) is 9.59 Å². The molecule has 1 N–H and O–H groups in total. The molecule has 0 atom stereocenters. The molecule has 0 aliphatic heterocycles. The number of hydrogen-bond acceptors (Lipinski definition) is 7. The molecule has 4 aromatic rings. The molecule has 0 saturated carbocycles. The number of halogens is 1. The van der Waals surface area contributed by atoms with Crippen LogP contribution in [0.2, 0.25) is 5.02 Å². The quantitative estimate of drug-likeness (QED) is 0.217. The Morgan fingerprint density at radius 2 is 1.90 bits per heavy atom. The number of benzene rings is 2. The first-order valence-corrected chi connectivity index (χ1v) is 9.90. The number of aromatic nitrogens is 2. The van der Waals surface area contributed by atoms with Gasteiger partial charge in [0.15, 0.2) is 0 Å². The van der Waals surface area contributed by atoms with Gasteiger partial charge in [0.25, 0.3) is 5.91 Å². The number of hydrazone groups is 1. The normalized spacial score (nSPS) is 11.0. The molecule has 0 fully saturated rings. The highest BCUT2D eigenvalue weighted by Crippen LogP contribution is 2.35. The predicted octanol–water partition coefficient (Wildman–Crippen LogP) is 4.33. The van der Waals surface area contributed by atoms with Crippen molar-refractivity contribution in [3.63, 3.8) is 0 Å². The number of ether oxygens (including phenoxy) is 1. The van der Waals surface area contributed by atoms with Crippen molar-refractivity contribution in [3.05, 3.63) is 88.3 Å². The topological polar surface area (TPSA) is 93.5 Å². The molecular weight excluding hydrogens is 424 g/mol. The minimum Gasteiger partial charge on any atom is -0.422 e. The van der Waals surface area contributed by atoms with E-state index in [1.54, 1.807) is 24.3 Å². The third-order valence-corrected chi connectivity index (χ3v) is 5.66.